The molecule has 3 aromatic heterocycles. The second-order valence-electron chi connectivity index (χ2n) is 9.18. The van der Waals surface area contributed by atoms with E-state index in [4.69, 9.17) is 4.74 Å². The molecule has 2 bridgehead atoms. The van der Waals surface area contributed by atoms with Crippen LogP contribution in [0.5, 0.6) is 5.88 Å². The predicted octanol–water partition coefficient (Wildman–Crippen LogP) is 2.91. The maximum atomic E-state index is 13.4. The van der Waals surface area contributed by atoms with Gasteiger partial charge in [0.2, 0.25) is 5.88 Å². The van der Waals surface area contributed by atoms with E-state index in [9.17, 15) is 4.79 Å². The first-order valence-electron chi connectivity index (χ1n) is 11.8. The maximum absolute atomic E-state index is 13.4. The summed E-state index contributed by atoms with van der Waals surface area (Å²) in [6.45, 7) is 8.58. The van der Waals surface area contributed by atoms with E-state index in [1.54, 1.807) is 18.6 Å². The molecular weight excluding hydrogens is 432 g/mol. The fourth-order valence-electron chi connectivity index (χ4n) is 4.68. The van der Waals surface area contributed by atoms with Crippen LogP contribution in [0.25, 0.3) is 11.5 Å². The van der Waals surface area contributed by atoms with Gasteiger partial charge < -0.3 is 24.8 Å². The monoisotopic (exact) mass is 462 g/mol. The lowest BCUT2D eigenvalue weighted by atomic mass is 10.1. The number of amides is 1. The van der Waals surface area contributed by atoms with Gasteiger partial charge in [-0.05, 0) is 51.8 Å². The molecule has 10 heteroatoms. The van der Waals surface area contributed by atoms with Gasteiger partial charge in [0.15, 0.2) is 5.82 Å². The Labute approximate surface area is 198 Å². The number of nitrogens with one attached hydrogen (secondary N) is 2. The molecule has 2 aliphatic heterocycles. The third kappa shape index (κ3) is 4.58. The molecule has 178 valence electrons. The molecule has 0 aliphatic carbocycles. The zero-order valence-electron chi connectivity index (χ0n) is 19.7. The Kier molecular flexibility index (Phi) is 6.14. The van der Waals surface area contributed by atoms with Gasteiger partial charge in [0.05, 0.1) is 18.5 Å². The summed E-state index contributed by atoms with van der Waals surface area (Å²) in [7, 11) is 0. The number of nitrogens with zero attached hydrogens (tertiary/aromatic N) is 6. The van der Waals surface area contributed by atoms with Crippen molar-refractivity contribution in [3.63, 3.8) is 0 Å². The van der Waals surface area contributed by atoms with Crippen molar-refractivity contribution in [2.24, 2.45) is 0 Å². The van der Waals surface area contributed by atoms with E-state index < -0.39 is 0 Å². The van der Waals surface area contributed by atoms with Gasteiger partial charge in [-0.1, -0.05) is 6.07 Å². The van der Waals surface area contributed by atoms with Crippen molar-refractivity contribution in [1.29, 1.82) is 0 Å². The Bertz CT molecular complexity index is 1170. The number of fused-ring (bicyclic) bond motifs is 5. The Morgan fingerprint density at radius 2 is 1.97 bits per heavy atom. The number of ether oxygens (including phenoxy) is 1. The summed E-state index contributed by atoms with van der Waals surface area (Å²) < 4.78 is 8.00. The smallest absolute Gasteiger partial charge is 0.262 e. The molecule has 0 radical (unpaired) electrons. The van der Waals surface area contributed by atoms with E-state index in [1.165, 1.54) is 0 Å². The van der Waals surface area contributed by atoms with Crippen LogP contribution in [-0.4, -0.2) is 62.4 Å². The Morgan fingerprint density at radius 1 is 1.15 bits per heavy atom. The van der Waals surface area contributed by atoms with Crippen LogP contribution in [0, 0.1) is 0 Å². The Hall–Kier alpha value is -3.53. The van der Waals surface area contributed by atoms with E-state index >= 15 is 0 Å². The molecular formula is C24H30N8O2. The van der Waals surface area contributed by atoms with Crippen LogP contribution >= 0.6 is 0 Å². The van der Waals surface area contributed by atoms with Gasteiger partial charge >= 0.3 is 0 Å². The van der Waals surface area contributed by atoms with Gasteiger partial charge in [0.1, 0.15) is 23.4 Å². The molecule has 3 aromatic rings. The van der Waals surface area contributed by atoms with Crippen LogP contribution in [0.2, 0.25) is 0 Å². The van der Waals surface area contributed by atoms with E-state index in [2.05, 4.69) is 56.5 Å². The first kappa shape index (κ1) is 22.3. The summed E-state index contributed by atoms with van der Waals surface area (Å²) in [5.41, 5.74) is 1.96. The van der Waals surface area contributed by atoms with E-state index in [0.29, 0.717) is 47.5 Å². The Morgan fingerprint density at radius 3 is 2.79 bits per heavy atom. The number of anilines is 2. The molecule has 3 atom stereocenters. The minimum Gasteiger partial charge on any atom is -0.477 e. The number of carbonyl (C=O) groups is 1. The first-order chi connectivity index (χ1) is 16.5. The van der Waals surface area contributed by atoms with Crippen LogP contribution in [0.3, 0.4) is 0 Å². The van der Waals surface area contributed by atoms with Crippen LogP contribution in [0.1, 0.15) is 50.0 Å². The predicted molar refractivity (Wildman–Crippen MR) is 129 cm³/mol. The zero-order valence-corrected chi connectivity index (χ0v) is 19.7. The van der Waals surface area contributed by atoms with Crippen molar-refractivity contribution in [3.8, 4) is 17.4 Å². The normalized spacial score (nSPS) is 23.2. The van der Waals surface area contributed by atoms with Crippen LogP contribution < -0.4 is 20.3 Å². The Balaban J connectivity index is 1.50. The van der Waals surface area contributed by atoms with Crippen molar-refractivity contribution >= 4 is 17.4 Å². The summed E-state index contributed by atoms with van der Waals surface area (Å²) in [6.07, 6.45) is 5.17. The SMILES string of the molecule is C[C@@H]1CN(c2cnc3c(c2)C(=O)Nc2cccc(n2)-c2nncn2[C@@H](C)CCCO3)C[C@H](C)N1. The van der Waals surface area contributed by atoms with Gasteiger partial charge in [-0.25, -0.2) is 9.97 Å². The molecule has 34 heavy (non-hydrogen) atoms. The minimum atomic E-state index is -0.308. The van der Waals surface area contributed by atoms with Gasteiger partial charge in [-0.3, -0.25) is 4.79 Å². The number of pyridine rings is 2. The van der Waals surface area contributed by atoms with Crippen molar-refractivity contribution in [2.45, 2.75) is 51.7 Å². The molecule has 0 aromatic carbocycles. The highest BCUT2D eigenvalue weighted by Gasteiger charge is 2.24. The summed E-state index contributed by atoms with van der Waals surface area (Å²) >= 11 is 0. The van der Waals surface area contributed by atoms with Crippen molar-refractivity contribution in [3.05, 3.63) is 42.4 Å². The van der Waals surface area contributed by atoms with Gasteiger partial charge in [-0.15, -0.1) is 10.2 Å². The summed E-state index contributed by atoms with van der Waals surface area (Å²) in [5, 5.41) is 14.8. The first-order valence-corrected chi connectivity index (χ1v) is 11.8. The largest absolute Gasteiger partial charge is 0.477 e. The van der Waals surface area contributed by atoms with Crippen LogP contribution in [0.4, 0.5) is 11.5 Å². The second kappa shape index (κ2) is 9.38. The number of piperazine rings is 1. The number of hydrogen-bond acceptors (Lipinski definition) is 8. The van der Waals surface area contributed by atoms with Gasteiger partial charge in [-0.2, -0.15) is 0 Å². The fourth-order valence-corrected chi connectivity index (χ4v) is 4.68. The highest BCUT2D eigenvalue weighted by molar-refractivity contribution is 6.06. The second-order valence-corrected chi connectivity index (χ2v) is 9.18. The molecule has 1 amide bonds. The molecule has 5 heterocycles. The van der Waals surface area contributed by atoms with Crippen LogP contribution in [0.15, 0.2) is 36.8 Å². The molecule has 2 N–H and O–H groups in total. The van der Waals surface area contributed by atoms with Gasteiger partial charge in [0, 0.05) is 31.2 Å². The van der Waals surface area contributed by atoms with E-state index in [1.807, 2.05) is 22.8 Å². The zero-order chi connectivity index (χ0) is 23.7. The van der Waals surface area contributed by atoms with E-state index in [-0.39, 0.29) is 11.9 Å². The molecule has 1 fully saturated rings. The highest BCUT2D eigenvalue weighted by Crippen LogP contribution is 2.27. The molecule has 2 aliphatic rings. The average molecular weight is 463 g/mol. The molecule has 0 spiro atoms. The fraction of sp³-hybridized carbons (Fsp3) is 0.458. The lowest BCUT2D eigenvalue weighted by Crippen LogP contribution is -2.54. The number of rotatable bonds is 1. The van der Waals surface area contributed by atoms with Crippen molar-refractivity contribution < 1.29 is 9.53 Å². The number of carbonyl (C=O) groups excluding carboxylic acids is 1. The maximum Gasteiger partial charge on any atom is 0.262 e. The third-order valence-corrected chi connectivity index (χ3v) is 6.28. The standard InChI is InChI=1S/C24H30N8O2/c1-15-12-31(13-16(2)27-15)18-10-19-23(33)29-21-8-4-7-20(28-21)22-30-26-14-32(22)17(3)6-5-9-34-24(19)25-11-18/h4,7-8,10-11,14-17,27H,5-6,9,12-13H2,1-3H3,(H,28,29,33)/t15-,16+,17-/m0/s1. The lowest BCUT2D eigenvalue weighted by Gasteiger charge is -2.37. The quantitative estimate of drug-likeness (QED) is 0.568. The van der Waals surface area contributed by atoms with E-state index in [0.717, 1.165) is 31.6 Å². The van der Waals surface area contributed by atoms with Crippen LogP contribution in [-0.2, 0) is 0 Å². The molecule has 1 saturated heterocycles. The molecule has 0 unspecified atom stereocenters. The molecule has 10 nitrogen and oxygen atoms in total. The summed E-state index contributed by atoms with van der Waals surface area (Å²) in [4.78, 5) is 24.8. The summed E-state index contributed by atoms with van der Waals surface area (Å²) in [6, 6.07) is 8.22. The lowest BCUT2D eigenvalue weighted by molar-refractivity contribution is 0.102. The minimum absolute atomic E-state index is 0.170. The molecule has 0 saturated carbocycles. The van der Waals surface area contributed by atoms with Gasteiger partial charge in [0.25, 0.3) is 5.91 Å². The van der Waals surface area contributed by atoms with Crippen molar-refractivity contribution in [1.82, 2.24) is 30.0 Å². The topological polar surface area (TPSA) is 110 Å². The highest BCUT2D eigenvalue weighted by atomic mass is 16.5. The van der Waals surface area contributed by atoms with Crippen molar-refractivity contribution in [2.75, 3.05) is 29.9 Å². The average Bonchev–Trinajstić information content (AvgIpc) is 3.31. The molecule has 5 rings (SSSR count). The number of hydrogen-bond donors (Lipinski definition) is 2. The third-order valence-electron chi connectivity index (χ3n) is 6.28. The number of aromatic nitrogens is 5. The summed E-state index contributed by atoms with van der Waals surface area (Å²) in [5.74, 6) is 1.14.